The van der Waals surface area contributed by atoms with E-state index < -0.39 is 0 Å². The summed E-state index contributed by atoms with van der Waals surface area (Å²) in [6.07, 6.45) is 1.79. The van der Waals surface area contributed by atoms with Crippen LogP contribution in [0.25, 0.3) is 0 Å². The van der Waals surface area contributed by atoms with Gasteiger partial charge in [0, 0.05) is 17.8 Å². The fraction of sp³-hybridized carbons (Fsp3) is 0.438. The number of hydrogen-bond acceptors (Lipinski definition) is 2. The molecule has 1 aromatic carbocycles. The van der Waals surface area contributed by atoms with Gasteiger partial charge in [-0.15, -0.1) is 0 Å². The zero-order valence-electron chi connectivity index (χ0n) is 12.4. The molecular formula is C16H22FN3. The lowest BCUT2D eigenvalue weighted by molar-refractivity contribution is 0.616. The molecule has 0 radical (unpaired) electrons. The van der Waals surface area contributed by atoms with E-state index in [0.29, 0.717) is 13.1 Å². The Bertz CT molecular complexity index is 602. The number of aromatic nitrogens is 2. The summed E-state index contributed by atoms with van der Waals surface area (Å²) >= 11 is 0. The van der Waals surface area contributed by atoms with Gasteiger partial charge in [-0.1, -0.05) is 19.9 Å². The zero-order valence-corrected chi connectivity index (χ0v) is 12.4. The Morgan fingerprint density at radius 1 is 1.25 bits per heavy atom. The summed E-state index contributed by atoms with van der Waals surface area (Å²) in [5, 5.41) is 4.67. The lowest BCUT2D eigenvalue weighted by Gasteiger charge is -2.10. The van der Waals surface area contributed by atoms with Crippen molar-refractivity contribution in [3.8, 4) is 0 Å². The number of nitrogens with zero attached hydrogens (tertiary/aromatic N) is 2. The molecule has 1 aromatic heterocycles. The highest BCUT2D eigenvalue weighted by Gasteiger charge is 2.14. The lowest BCUT2D eigenvalue weighted by Crippen LogP contribution is -2.09. The van der Waals surface area contributed by atoms with Crippen molar-refractivity contribution in [2.24, 2.45) is 5.73 Å². The quantitative estimate of drug-likeness (QED) is 0.911. The molecule has 20 heavy (non-hydrogen) atoms. The fourth-order valence-electron chi connectivity index (χ4n) is 2.63. The first-order valence-corrected chi connectivity index (χ1v) is 7.13. The molecule has 0 aliphatic carbocycles. The molecule has 2 N–H and O–H groups in total. The van der Waals surface area contributed by atoms with Crippen LogP contribution < -0.4 is 5.73 Å². The van der Waals surface area contributed by atoms with E-state index in [0.717, 1.165) is 35.2 Å². The molecule has 0 bridgehead atoms. The van der Waals surface area contributed by atoms with Gasteiger partial charge in [-0.25, -0.2) is 4.39 Å². The maximum absolute atomic E-state index is 13.2. The summed E-state index contributed by atoms with van der Waals surface area (Å²) in [5.74, 6) is -0.195. The largest absolute Gasteiger partial charge is 0.326 e. The third kappa shape index (κ3) is 2.75. The van der Waals surface area contributed by atoms with E-state index in [1.807, 2.05) is 17.7 Å². The van der Waals surface area contributed by atoms with Gasteiger partial charge in [0.25, 0.3) is 0 Å². The Morgan fingerprint density at radius 2 is 2.00 bits per heavy atom. The van der Waals surface area contributed by atoms with Gasteiger partial charge >= 0.3 is 0 Å². The van der Waals surface area contributed by atoms with Crippen LogP contribution in [-0.4, -0.2) is 9.78 Å². The Hall–Kier alpha value is -1.68. The molecule has 0 spiro atoms. The molecule has 3 nitrogen and oxygen atoms in total. The van der Waals surface area contributed by atoms with Crippen LogP contribution in [0.1, 0.15) is 41.9 Å². The minimum absolute atomic E-state index is 0.195. The normalized spacial score (nSPS) is 11.1. The smallest absolute Gasteiger partial charge is 0.123 e. The number of halogens is 1. The van der Waals surface area contributed by atoms with Crippen LogP contribution in [0, 0.1) is 12.7 Å². The van der Waals surface area contributed by atoms with Gasteiger partial charge < -0.3 is 5.73 Å². The van der Waals surface area contributed by atoms with Crippen LogP contribution in [0.15, 0.2) is 18.2 Å². The second-order valence-corrected chi connectivity index (χ2v) is 5.01. The van der Waals surface area contributed by atoms with Crippen molar-refractivity contribution in [1.82, 2.24) is 9.78 Å². The maximum Gasteiger partial charge on any atom is 0.123 e. The highest BCUT2D eigenvalue weighted by Crippen LogP contribution is 2.19. The van der Waals surface area contributed by atoms with Gasteiger partial charge in [0.1, 0.15) is 5.82 Å². The van der Waals surface area contributed by atoms with E-state index in [1.165, 1.54) is 11.8 Å². The monoisotopic (exact) mass is 275 g/mol. The van der Waals surface area contributed by atoms with E-state index in [4.69, 9.17) is 5.73 Å². The molecular weight excluding hydrogens is 253 g/mol. The van der Waals surface area contributed by atoms with Gasteiger partial charge in [0.15, 0.2) is 0 Å². The topological polar surface area (TPSA) is 43.8 Å². The molecule has 4 heteroatoms. The van der Waals surface area contributed by atoms with Crippen LogP contribution >= 0.6 is 0 Å². The van der Waals surface area contributed by atoms with Crippen molar-refractivity contribution < 1.29 is 4.39 Å². The Morgan fingerprint density at radius 3 is 2.55 bits per heavy atom. The Labute approximate surface area is 119 Å². The van der Waals surface area contributed by atoms with Gasteiger partial charge in [-0.3, -0.25) is 4.68 Å². The first-order valence-electron chi connectivity index (χ1n) is 7.13. The average Bonchev–Trinajstić information content (AvgIpc) is 2.78. The molecule has 1 heterocycles. The Balaban J connectivity index is 2.40. The van der Waals surface area contributed by atoms with Crippen LogP contribution in [0.2, 0.25) is 0 Å². The van der Waals surface area contributed by atoms with E-state index in [1.54, 1.807) is 6.07 Å². The van der Waals surface area contributed by atoms with Gasteiger partial charge in [-0.2, -0.15) is 5.10 Å². The average molecular weight is 275 g/mol. The third-order valence-corrected chi connectivity index (χ3v) is 3.75. The maximum atomic E-state index is 13.2. The molecule has 0 unspecified atom stereocenters. The summed E-state index contributed by atoms with van der Waals surface area (Å²) < 4.78 is 15.2. The number of aryl methyl sites for hydroxylation is 2. The molecule has 0 saturated heterocycles. The number of benzene rings is 1. The predicted molar refractivity (Wildman–Crippen MR) is 79.1 cm³/mol. The van der Waals surface area contributed by atoms with Crippen molar-refractivity contribution in [3.63, 3.8) is 0 Å². The SMILES string of the molecule is CCc1nn(Cc2ccc(F)cc2C)c(CC)c1CN. The van der Waals surface area contributed by atoms with E-state index >= 15 is 0 Å². The molecule has 0 fully saturated rings. The molecule has 0 aliphatic heterocycles. The summed E-state index contributed by atoms with van der Waals surface area (Å²) in [5.41, 5.74) is 11.3. The van der Waals surface area contributed by atoms with Crippen molar-refractivity contribution in [2.75, 3.05) is 0 Å². The second-order valence-electron chi connectivity index (χ2n) is 5.01. The zero-order chi connectivity index (χ0) is 14.7. The predicted octanol–water partition coefficient (Wildman–Crippen LogP) is 2.96. The van der Waals surface area contributed by atoms with Crippen LogP contribution in [0.3, 0.4) is 0 Å². The van der Waals surface area contributed by atoms with Gasteiger partial charge in [0.05, 0.1) is 12.2 Å². The standard InChI is InChI=1S/C16H22FN3/c1-4-15-14(9-18)16(5-2)20(19-15)10-12-6-7-13(17)8-11(12)3/h6-8H,4-5,9-10,18H2,1-3H3. The number of nitrogens with two attached hydrogens (primary N) is 1. The molecule has 0 aliphatic rings. The lowest BCUT2D eigenvalue weighted by atomic mass is 10.1. The first kappa shape index (κ1) is 14.7. The minimum Gasteiger partial charge on any atom is -0.326 e. The van der Waals surface area contributed by atoms with Crippen molar-refractivity contribution in [2.45, 2.75) is 46.7 Å². The molecule has 108 valence electrons. The van der Waals surface area contributed by atoms with Crippen LogP contribution in [0.4, 0.5) is 4.39 Å². The van der Waals surface area contributed by atoms with Crippen LogP contribution in [-0.2, 0) is 25.9 Å². The number of rotatable bonds is 5. The van der Waals surface area contributed by atoms with Crippen molar-refractivity contribution >= 4 is 0 Å². The summed E-state index contributed by atoms with van der Waals surface area (Å²) in [4.78, 5) is 0. The minimum atomic E-state index is -0.195. The van der Waals surface area contributed by atoms with E-state index in [2.05, 4.69) is 18.9 Å². The summed E-state index contributed by atoms with van der Waals surface area (Å²) in [7, 11) is 0. The van der Waals surface area contributed by atoms with Crippen molar-refractivity contribution in [1.29, 1.82) is 0 Å². The fourth-order valence-corrected chi connectivity index (χ4v) is 2.63. The molecule has 0 saturated carbocycles. The van der Waals surface area contributed by atoms with E-state index in [-0.39, 0.29) is 5.82 Å². The highest BCUT2D eigenvalue weighted by molar-refractivity contribution is 5.30. The number of hydrogen-bond donors (Lipinski definition) is 1. The molecule has 0 amide bonds. The van der Waals surface area contributed by atoms with Crippen molar-refractivity contribution in [3.05, 3.63) is 52.1 Å². The summed E-state index contributed by atoms with van der Waals surface area (Å²) in [6, 6.07) is 4.90. The van der Waals surface area contributed by atoms with Gasteiger partial charge in [-0.05, 0) is 43.0 Å². The molecule has 2 aromatic rings. The first-order chi connectivity index (χ1) is 9.60. The third-order valence-electron chi connectivity index (χ3n) is 3.75. The van der Waals surface area contributed by atoms with E-state index in [9.17, 15) is 4.39 Å². The van der Waals surface area contributed by atoms with Crippen LogP contribution in [0.5, 0.6) is 0 Å². The molecule has 0 atom stereocenters. The second kappa shape index (κ2) is 6.18. The molecule has 2 rings (SSSR count). The highest BCUT2D eigenvalue weighted by atomic mass is 19.1. The summed E-state index contributed by atoms with van der Waals surface area (Å²) in [6.45, 7) is 7.33. The van der Waals surface area contributed by atoms with Gasteiger partial charge in [0.2, 0.25) is 0 Å². The Kier molecular flexibility index (Phi) is 4.55.